The van der Waals surface area contributed by atoms with Crippen LogP contribution in [0.2, 0.25) is 5.02 Å². The van der Waals surface area contributed by atoms with Crippen LogP contribution >= 0.6 is 11.6 Å². The normalized spacial score (nSPS) is 7.62. The van der Waals surface area contributed by atoms with Crippen molar-refractivity contribution >= 4 is 11.6 Å². The van der Waals surface area contributed by atoms with Crippen LogP contribution in [-0.4, -0.2) is 0 Å². The molecule has 1 aromatic rings. The van der Waals surface area contributed by atoms with E-state index >= 15 is 0 Å². The van der Waals surface area contributed by atoms with Gasteiger partial charge in [0.1, 0.15) is 0 Å². The highest BCUT2D eigenvalue weighted by Crippen LogP contribution is 2.15. The topological polar surface area (TPSA) is 0 Å². The third-order valence-electron chi connectivity index (χ3n) is 1.33. The van der Waals surface area contributed by atoms with Gasteiger partial charge in [0.25, 0.3) is 0 Å². The molecular weight excluding hydrogens is 180 g/mol. The molecule has 0 bridgehead atoms. The molecule has 1 rings (SSSR count). The predicted octanol–water partition coefficient (Wildman–Crippen LogP) is 5.01. The molecule has 0 saturated heterocycles. The van der Waals surface area contributed by atoms with Crippen LogP contribution in [0.25, 0.3) is 0 Å². The third-order valence-corrected chi connectivity index (χ3v) is 1.73. The van der Waals surface area contributed by atoms with E-state index in [1.807, 2.05) is 53.7 Å². The fraction of sp³-hybridized carbons (Fsp3) is 0.500. The van der Waals surface area contributed by atoms with Crippen LogP contribution in [0.15, 0.2) is 18.2 Å². The van der Waals surface area contributed by atoms with Gasteiger partial charge in [-0.15, -0.1) is 0 Å². The Kier molecular flexibility index (Phi) is 11.1. The van der Waals surface area contributed by atoms with Gasteiger partial charge in [0.05, 0.1) is 0 Å². The molecule has 0 aliphatic carbocycles. The number of benzene rings is 1. The van der Waals surface area contributed by atoms with Crippen LogP contribution in [0.1, 0.15) is 38.8 Å². The molecular formula is C12H21Cl. The van der Waals surface area contributed by atoms with Crippen LogP contribution in [0.5, 0.6) is 0 Å². The van der Waals surface area contributed by atoms with Gasteiger partial charge >= 0.3 is 0 Å². The van der Waals surface area contributed by atoms with Gasteiger partial charge in [-0.25, -0.2) is 0 Å². The summed E-state index contributed by atoms with van der Waals surface area (Å²) in [5, 5.41) is 0.856. The Morgan fingerprint density at radius 2 is 1.38 bits per heavy atom. The van der Waals surface area contributed by atoms with Crippen LogP contribution in [0, 0.1) is 13.8 Å². The Hall–Kier alpha value is -0.490. The zero-order valence-corrected chi connectivity index (χ0v) is 10.4. The lowest BCUT2D eigenvalue weighted by atomic mass is 10.2. The summed E-state index contributed by atoms with van der Waals surface area (Å²) in [5.41, 5.74) is 2.35. The molecule has 1 heteroatoms. The van der Waals surface area contributed by atoms with E-state index in [0.29, 0.717) is 0 Å². The van der Waals surface area contributed by atoms with Crippen LogP contribution in [-0.2, 0) is 0 Å². The molecule has 0 radical (unpaired) electrons. The van der Waals surface area contributed by atoms with Gasteiger partial charge in [-0.2, -0.15) is 0 Å². The van der Waals surface area contributed by atoms with E-state index in [4.69, 9.17) is 11.6 Å². The predicted molar refractivity (Wildman–Crippen MR) is 63.6 cm³/mol. The minimum absolute atomic E-state index is 0.856. The van der Waals surface area contributed by atoms with E-state index in [1.165, 1.54) is 5.56 Å². The molecule has 0 saturated carbocycles. The largest absolute Gasteiger partial charge is 0.0840 e. The standard InChI is InChI=1S/C8H9Cl.2C2H6/c1-6-3-4-7(2)8(9)5-6;2*1-2/h3-5H,1-2H3;2*1-2H3. The molecule has 0 heterocycles. The molecule has 0 aromatic heterocycles. The maximum absolute atomic E-state index is 5.81. The first-order valence-corrected chi connectivity index (χ1v) is 5.30. The summed E-state index contributed by atoms with van der Waals surface area (Å²) in [7, 11) is 0. The molecule has 13 heavy (non-hydrogen) atoms. The van der Waals surface area contributed by atoms with E-state index in [0.717, 1.165) is 10.6 Å². The van der Waals surface area contributed by atoms with Crippen LogP contribution in [0.4, 0.5) is 0 Å². The molecule has 0 amide bonds. The zero-order chi connectivity index (χ0) is 10.9. The number of hydrogen-bond acceptors (Lipinski definition) is 0. The monoisotopic (exact) mass is 200 g/mol. The van der Waals surface area contributed by atoms with Crippen LogP contribution < -0.4 is 0 Å². The first-order chi connectivity index (χ1) is 6.20. The molecule has 0 N–H and O–H groups in total. The molecule has 0 aliphatic rings. The van der Waals surface area contributed by atoms with E-state index in [9.17, 15) is 0 Å². The Balaban J connectivity index is 0. The molecule has 0 unspecified atom stereocenters. The van der Waals surface area contributed by atoms with Crippen molar-refractivity contribution < 1.29 is 0 Å². The second kappa shape index (κ2) is 9.60. The van der Waals surface area contributed by atoms with E-state index in [-0.39, 0.29) is 0 Å². The van der Waals surface area contributed by atoms with Crippen molar-refractivity contribution in [2.24, 2.45) is 0 Å². The summed E-state index contributed by atoms with van der Waals surface area (Å²) in [4.78, 5) is 0. The van der Waals surface area contributed by atoms with E-state index in [1.54, 1.807) is 0 Å². The number of hydrogen-bond donors (Lipinski definition) is 0. The van der Waals surface area contributed by atoms with E-state index < -0.39 is 0 Å². The van der Waals surface area contributed by atoms with Crippen molar-refractivity contribution in [2.75, 3.05) is 0 Å². The minimum atomic E-state index is 0.856. The summed E-state index contributed by atoms with van der Waals surface area (Å²) in [6, 6.07) is 6.05. The lowest BCUT2D eigenvalue weighted by molar-refractivity contribution is 1.40. The van der Waals surface area contributed by atoms with Gasteiger partial charge in [-0.05, 0) is 31.0 Å². The molecule has 0 fully saturated rings. The van der Waals surface area contributed by atoms with Gasteiger partial charge < -0.3 is 0 Å². The summed E-state index contributed by atoms with van der Waals surface area (Å²) in [5.74, 6) is 0. The zero-order valence-electron chi connectivity index (χ0n) is 9.61. The lowest BCUT2D eigenvalue weighted by Gasteiger charge is -1.96. The molecule has 0 nitrogen and oxygen atoms in total. The summed E-state index contributed by atoms with van der Waals surface area (Å²) in [6.45, 7) is 12.0. The molecule has 0 spiro atoms. The average molecular weight is 201 g/mol. The molecule has 1 aromatic carbocycles. The maximum Gasteiger partial charge on any atom is 0.0437 e. The highest BCUT2D eigenvalue weighted by Gasteiger charge is 1.91. The van der Waals surface area contributed by atoms with Crippen molar-refractivity contribution in [3.8, 4) is 0 Å². The second-order valence-electron chi connectivity index (χ2n) is 2.25. The quantitative estimate of drug-likeness (QED) is 0.553. The third kappa shape index (κ3) is 6.65. The van der Waals surface area contributed by atoms with Crippen molar-refractivity contribution in [3.05, 3.63) is 34.3 Å². The Labute approximate surface area is 87.9 Å². The van der Waals surface area contributed by atoms with Gasteiger partial charge in [-0.3, -0.25) is 0 Å². The smallest absolute Gasteiger partial charge is 0.0437 e. The van der Waals surface area contributed by atoms with Crippen LogP contribution in [0.3, 0.4) is 0 Å². The Morgan fingerprint density at radius 3 is 1.69 bits per heavy atom. The van der Waals surface area contributed by atoms with Gasteiger partial charge in [0, 0.05) is 5.02 Å². The second-order valence-corrected chi connectivity index (χ2v) is 2.66. The highest BCUT2D eigenvalue weighted by molar-refractivity contribution is 6.31. The lowest BCUT2D eigenvalue weighted by Crippen LogP contribution is -1.75. The Bertz CT molecular complexity index is 216. The molecule has 76 valence electrons. The first kappa shape index (κ1) is 15.0. The maximum atomic E-state index is 5.81. The van der Waals surface area contributed by atoms with E-state index in [2.05, 4.69) is 6.07 Å². The van der Waals surface area contributed by atoms with Crippen molar-refractivity contribution in [2.45, 2.75) is 41.5 Å². The summed E-state index contributed by atoms with van der Waals surface area (Å²) >= 11 is 5.81. The SMILES string of the molecule is CC.CC.Cc1ccc(C)c(Cl)c1. The van der Waals surface area contributed by atoms with Gasteiger partial charge in [-0.1, -0.05) is 51.4 Å². The first-order valence-electron chi connectivity index (χ1n) is 4.93. The van der Waals surface area contributed by atoms with Gasteiger partial charge in [0.2, 0.25) is 0 Å². The van der Waals surface area contributed by atoms with Crippen molar-refractivity contribution in [3.63, 3.8) is 0 Å². The minimum Gasteiger partial charge on any atom is -0.0840 e. The molecule has 0 atom stereocenters. The number of halogens is 1. The van der Waals surface area contributed by atoms with Gasteiger partial charge in [0.15, 0.2) is 0 Å². The number of rotatable bonds is 0. The fourth-order valence-electron chi connectivity index (χ4n) is 0.698. The average Bonchev–Trinajstić information content (AvgIpc) is 2.18. The molecule has 0 aliphatic heterocycles. The summed E-state index contributed by atoms with van der Waals surface area (Å²) < 4.78 is 0. The van der Waals surface area contributed by atoms with Crippen molar-refractivity contribution in [1.82, 2.24) is 0 Å². The Morgan fingerprint density at radius 1 is 0.923 bits per heavy atom. The number of aryl methyl sites for hydroxylation is 2. The fourth-order valence-corrected chi connectivity index (χ4v) is 0.933. The highest BCUT2D eigenvalue weighted by atomic mass is 35.5. The van der Waals surface area contributed by atoms with Crippen molar-refractivity contribution in [1.29, 1.82) is 0 Å². The summed E-state index contributed by atoms with van der Waals surface area (Å²) in [6.07, 6.45) is 0.